The highest BCUT2D eigenvalue weighted by Gasteiger charge is 1.86. The van der Waals surface area contributed by atoms with Crippen LogP contribution in [0, 0.1) is 0 Å². The number of hydrogen-bond acceptors (Lipinski definition) is 1. The van der Waals surface area contributed by atoms with E-state index < -0.39 is 0 Å². The fraction of sp³-hybridized carbons (Fsp3) is 0. The molecule has 0 aliphatic heterocycles. The van der Waals surface area contributed by atoms with E-state index in [1.165, 1.54) is 6.07 Å². The van der Waals surface area contributed by atoms with Crippen molar-refractivity contribution in [3.8, 4) is 0 Å². The third-order valence-corrected chi connectivity index (χ3v) is 1.43. The quantitative estimate of drug-likeness (QED) is 0.598. The number of hydrogen-bond donors (Lipinski definition) is 1. The van der Waals surface area contributed by atoms with Gasteiger partial charge in [-0.1, -0.05) is 12.1 Å². The Morgan fingerprint density at radius 2 is 2.50 bits per heavy atom. The fourth-order valence-electron chi connectivity index (χ4n) is 0.381. The van der Waals surface area contributed by atoms with Crippen molar-refractivity contribution in [2.45, 2.75) is 0 Å². The van der Waals surface area contributed by atoms with Crippen LogP contribution in [0.4, 0.5) is 5.69 Å². The molecule has 0 saturated heterocycles. The van der Waals surface area contributed by atoms with Crippen LogP contribution in [0.2, 0.25) is 0 Å². The molecule has 0 radical (unpaired) electrons. The predicted octanol–water partition coefficient (Wildman–Crippen LogP) is 2.03. The fourth-order valence-corrected chi connectivity index (χ4v) is 0.628. The summed E-state index contributed by atoms with van der Waals surface area (Å²) >= 11 is 3.13. The molecule has 0 aromatic heterocycles. The zero-order valence-electron chi connectivity index (χ0n) is 6.11. The minimum absolute atomic E-state index is 0.194. The van der Waals surface area contributed by atoms with Gasteiger partial charge in [-0.2, -0.15) is 0 Å². The van der Waals surface area contributed by atoms with E-state index in [0.29, 0.717) is 16.2 Å². The highest BCUT2D eigenvalue weighted by atomic mass is 79.9. The standard InChI is InChI=1S/C6H6BrN/c7-5-3-1-2-4-6(5)8/h1-4H,8H2/i1D,4D. The van der Waals surface area contributed by atoms with Crippen molar-refractivity contribution >= 4 is 21.6 Å². The first-order valence-electron chi connectivity index (χ1n) is 3.13. The van der Waals surface area contributed by atoms with Crippen LogP contribution in [0.5, 0.6) is 0 Å². The molecular weight excluding hydrogens is 166 g/mol. The summed E-state index contributed by atoms with van der Waals surface area (Å²) in [5.41, 5.74) is 5.82. The highest BCUT2D eigenvalue weighted by Crippen LogP contribution is 2.16. The molecule has 42 valence electrons. The highest BCUT2D eigenvalue weighted by molar-refractivity contribution is 9.10. The lowest BCUT2D eigenvalue weighted by atomic mass is 10.3. The summed E-state index contributed by atoms with van der Waals surface area (Å²) in [6.07, 6.45) is 0. The van der Waals surface area contributed by atoms with Crippen LogP contribution in [0.25, 0.3) is 0 Å². The minimum Gasteiger partial charge on any atom is -0.398 e. The van der Waals surface area contributed by atoms with Crippen molar-refractivity contribution in [2.75, 3.05) is 5.73 Å². The lowest BCUT2D eigenvalue weighted by Crippen LogP contribution is -1.82. The number of halogens is 1. The molecule has 8 heavy (non-hydrogen) atoms. The zero-order chi connectivity index (χ0) is 7.72. The lowest BCUT2D eigenvalue weighted by Gasteiger charge is -1.91. The Labute approximate surface area is 59.4 Å². The monoisotopic (exact) mass is 173 g/mol. The maximum Gasteiger partial charge on any atom is 0.0645 e. The average molecular weight is 174 g/mol. The molecule has 0 heterocycles. The van der Waals surface area contributed by atoms with Gasteiger partial charge in [0.15, 0.2) is 0 Å². The van der Waals surface area contributed by atoms with E-state index >= 15 is 0 Å². The van der Waals surface area contributed by atoms with Gasteiger partial charge in [0, 0.05) is 10.2 Å². The molecular formula is C6H6BrN. The number of anilines is 1. The maximum atomic E-state index is 7.23. The second kappa shape index (κ2) is 2.18. The molecule has 1 aromatic rings. The number of nitrogen functional groups attached to an aromatic ring is 1. The summed E-state index contributed by atoms with van der Waals surface area (Å²) in [6, 6.07) is 3.46. The Balaban J connectivity index is 3.31. The number of nitrogens with two attached hydrogens (primary N) is 1. The summed E-state index contributed by atoms with van der Waals surface area (Å²) in [6.45, 7) is 0. The van der Waals surface area contributed by atoms with Crippen molar-refractivity contribution in [3.05, 3.63) is 28.7 Å². The number of rotatable bonds is 0. The maximum absolute atomic E-state index is 7.23. The van der Waals surface area contributed by atoms with Gasteiger partial charge in [-0.25, -0.2) is 0 Å². The molecule has 0 bridgehead atoms. The molecule has 0 saturated carbocycles. The Morgan fingerprint density at radius 3 is 3.12 bits per heavy atom. The van der Waals surface area contributed by atoms with Gasteiger partial charge in [0.05, 0.1) is 2.74 Å². The Morgan fingerprint density at radius 1 is 1.75 bits per heavy atom. The molecule has 1 aromatic carbocycles. The first-order chi connectivity index (χ1) is 4.61. The van der Waals surface area contributed by atoms with E-state index in [2.05, 4.69) is 15.9 Å². The van der Waals surface area contributed by atoms with Crippen molar-refractivity contribution in [3.63, 3.8) is 0 Å². The van der Waals surface area contributed by atoms with Crippen LogP contribution in [0.1, 0.15) is 2.74 Å². The van der Waals surface area contributed by atoms with Gasteiger partial charge in [0.25, 0.3) is 0 Å². The normalized spacial score (nSPS) is 12.6. The summed E-state index contributed by atoms with van der Waals surface area (Å²) in [7, 11) is 0. The van der Waals surface area contributed by atoms with Gasteiger partial charge in [-0.3, -0.25) is 0 Å². The zero-order valence-corrected chi connectivity index (χ0v) is 5.70. The molecule has 1 rings (SSSR count). The third kappa shape index (κ3) is 1.01. The van der Waals surface area contributed by atoms with Crippen molar-refractivity contribution < 1.29 is 2.74 Å². The van der Waals surface area contributed by atoms with Crippen molar-refractivity contribution in [1.82, 2.24) is 0 Å². The molecule has 0 aliphatic carbocycles. The summed E-state index contributed by atoms with van der Waals surface area (Å²) in [4.78, 5) is 0. The van der Waals surface area contributed by atoms with Crippen LogP contribution < -0.4 is 5.73 Å². The summed E-state index contributed by atoms with van der Waals surface area (Å²) in [5.74, 6) is 0. The Kier molecular flexibility index (Phi) is 0.956. The topological polar surface area (TPSA) is 26.0 Å². The second-order valence-corrected chi connectivity index (χ2v) is 2.22. The molecule has 2 heteroatoms. The van der Waals surface area contributed by atoms with Crippen molar-refractivity contribution in [1.29, 1.82) is 0 Å². The van der Waals surface area contributed by atoms with E-state index in [0.717, 1.165) is 0 Å². The molecule has 0 amide bonds. The van der Waals surface area contributed by atoms with Gasteiger partial charge in [0.2, 0.25) is 0 Å². The van der Waals surface area contributed by atoms with Gasteiger partial charge in [-0.15, -0.1) is 0 Å². The van der Waals surface area contributed by atoms with Crippen LogP contribution in [-0.4, -0.2) is 0 Å². The molecule has 2 N–H and O–H groups in total. The molecule has 0 spiro atoms. The predicted molar refractivity (Wildman–Crippen MR) is 38.6 cm³/mol. The third-order valence-electron chi connectivity index (χ3n) is 0.778. The molecule has 0 atom stereocenters. The Bertz CT molecular complexity index is 239. The van der Waals surface area contributed by atoms with E-state index in [1.54, 1.807) is 6.07 Å². The van der Waals surface area contributed by atoms with Crippen LogP contribution in [0.3, 0.4) is 0 Å². The van der Waals surface area contributed by atoms with E-state index in [9.17, 15) is 0 Å². The smallest absolute Gasteiger partial charge is 0.0645 e. The number of benzene rings is 1. The second-order valence-electron chi connectivity index (χ2n) is 1.36. The molecule has 0 unspecified atom stereocenters. The van der Waals surface area contributed by atoms with E-state index in [-0.39, 0.29) is 6.04 Å². The Hall–Kier alpha value is -0.500. The largest absolute Gasteiger partial charge is 0.398 e. The minimum atomic E-state index is 0.194. The molecule has 0 fully saturated rings. The first-order valence-corrected chi connectivity index (χ1v) is 2.93. The average Bonchev–Trinajstić information content (AvgIpc) is 1.82. The van der Waals surface area contributed by atoms with Crippen LogP contribution in [0.15, 0.2) is 28.7 Å². The van der Waals surface area contributed by atoms with Crippen LogP contribution >= 0.6 is 15.9 Å². The lowest BCUT2D eigenvalue weighted by molar-refractivity contribution is 1.63. The van der Waals surface area contributed by atoms with Gasteiger partial charge < -0.3 is 5.73 Å². The van der Waals surface area contributed by atoms with Crippen molar-refractivity contribution in [2.24, 2.45) is 0 Å². The summed E-state index contributed by atoms with van der Waals surface area (Å²) < 4.78 is 15.0. The molecule has 1 nitrogen and oxygen atoms in total. The van der Waals surface area contributed by atoms with Gasteiger partial charge in [-0.05, 0) is 28.0 Å². The summed E-state index contributed by atoms with van der Waals surface area (Å²) in [5, 5.41) is 0. The van der Waals surface area contributed by atoms with Gasteiger partial charge >= 0.3 is 0 Å². The van der Waals surface area contributed by atoms with E-state index in [4.69, 9.17) is 8.48 Å². The SMILES string of the molecule is [2H]c1cc([2H])c(N)c(Br)c1. The van der Waals surface area contributed by atoms with Gasteiger partial charge in [0.1, 0.15) is 0 Å². The van der Waals surface area contributed by atoms with Crippen LogP contribution in [-0.2, 0) is 0 Å². The van der Waals surface area contributed by atoms with E-state index in [1.807, 2.05) is 0 Å². The number of para-hydroxylation sites is 1. The molecule has 0 aliphatic rings. The first kappa shape index (κ1) is 3.51.